The Morgan fingerprint density at radius 1 is 1.15 bits per heavy atom. The summed E-state index contributed by atoms with van der Waals surface area (Å²) in [5.41, 5.74) is 7.88. The first-order chi connectivity index (χ1) is 13.1. The van der Waals surface area contributed by atoms with E-state index in [-0.39, 0.29) is 12.3 Å². The molecule has 5 rings (SSSR count). The monoisotopic (exact) mass is 371 g/mol. The fraction of sp³-hybridized carbons (Fsp3) is 0.737. The lowest BCUT2D eigenvalue weighted by Crippen LogP contribution is -2.40. The molecule has 0 amide bonds. The van der Waals surface area contributed by atoms with Gasteiger partial charge in [-0.1, -0.05) is 0 Å². The van der Waals surface area contributed by atoms with E-state index in [1.807, 2.05) is 4.57 Å². The second-order valence-corrected chi connectivity index (χ2v) is 8.66. The van der Waals surface area contributed by atoms with Crippen LogP contribution in [-0.4, -0.2) is 75.2 Å². The molecule has 3 aliphatic rings. The topological polar surface area (TPSA) is 85.3 Å². The minimum atomic E-state index is -0.00538. The number of anilines is 1. The van der Waals surface area contributed by atoms with Crippen LogP contribution in [0.2, 0.25) is 0 Å². The lowest BCUT2D eigenvalue weighted by Gasteiger charge is -2.38. The van der Waals surface area contributed by atoms with Gasteiger partial charge in [-0.15, -0.1) is 0 Å². The molecule has 0 radical (unpaired) electrons. The highest BCUT2D eigenvalue weighted by atomic mass is 16.5. The Morgan fingerprint density at radius 2 is 1.96 bits per heavy atom. The zero-order valence-corrected chi connectivity index (χ0v) is 16.0. The quantitative estimate of drug-likeness (QED) is 0.875. The summed E-state index contributed by atoms with van der Waals surface area (Å²) < 4.78 is 8.39. The van der Waals surface area contributed by atoms with Crippen molar-refractivity contribution in [3.05, 3.63) is 12.7 Å². The van der Waals surface area contributed by atoms with Crippen molar-refractivity contribution < 1.29 is 4.74 Å². The molecule has 8 nitrogen and oxygen atoms in total. The number of imidazole rings is 1. The average Bonchev–Trinajstić information content (AvgIpc) is 3.38. The van der Waals surface area contributed by atoms with Gasteiger partial charge in [-0.25, -0.2) is 15.0 Å². The zero-order valence-electron chi connectivity index (χ0n) is 16.0. The molecule has 0 aliphatic carbocycles. The van der Waals surface area contributed by atoms with Crippen LogP contribution in [-0.2, 0) is 4.74 Å². The number of hydrogen-bond donors (Lipinski definition) is 1. The van der Waals surface area contributed by atoms with Crippen LogP contribution in [0.1, 0.15) is 38.3 Å². The summed E-state index contributed by atoms with van der Waals surface area (Å²) in [4.78, 5) is 17.8. The number of nitrogens with two attached hydrogens (primary N) is 1. The summed E-state index contributed by atoms with van der Waals surface area (Å²) in [6.07, 6.45) is 9.66. The molecule has 2 N–H and O–H groups in total. The van der Waals surface area contributed by atoms with Crippen molar-refractivity contribution in [2.45, 2.75) is 44.4 Å². The third-order valence-corrected chi connectivity index (χ3v) is 6.81. The maximum atomic E-state index is 6.38. The van der Waals surface area contributed by atoms with Crippen LogP contribution in [0.5, 0.6) is 0 Å². The Bertz CT molecular complexity index is 813. The van der Waals surface area contributed by atoms with Gasteiger partial charge in [-0.2, -0.15) is 0 Å². The molecule has 5 heterocycles. The highest BCUT2D eigenvalue weighted by Crippen LogP contribution is 2.41. The molecule has 0 bridgehead atoms. The molecule has 3 aliphatic heterocycles. The highest BCUT2D eigenvalue weighted by Gasteiger charge is 2.41. The summed E-state index contributed by atoms with van der Waals surface area (Å²) in [7, 11) is 2.24. The van der Waals surface area contributed by atoms with E-state index in [1.165, 1.54) is 51.8 Å². The van der Waals surface area contributed by atoms with Crippen LogP contribution >= 0.6 is 0 Å². The third-order valence-electron chi connectivity index (χ3n) is 6.81. The fourth-order valence-corrected chi connectivity index (χ4v) is 5.08. The van der Waals surface area contributed by atoms with E-state index in [2.05, 4.69) is 31.8 Å². The summed E-state index contributed by atoms with van der Waals surface area (Å²) in [5, 5.41) is 0. The summed E-state index contributed by atoms with van der Waals surface area (Å²) in [6, 6.07) is 0. The normalized spacial score (nSPS) is 29.2. The number of nitrogen functional groups attached to an aromatic ring is 1. The Balaban J connectivity index is 1.21. The second-order valence-electron chi connectivity index (χ2n) is 8.66. The van der Waals surface area contributed by atoms with Crippen molar-refractivity contribution >= 4 is 17.0 Å². The minimum absolute atomic E-state index is 0.00538. The SMILES string of the molecule is CN1CCC2(CC1)CCN(CC1CCC(n3cnc4c(N)ncnc43)O1)C2. The molecule has 2 atom stereocenters. The molecule has 0 aromatic carbocycles. The number of hydrogen-bond acceptors (Lipinski definition) is 7. The molecule has 2 aromatic rings. The van der Waals surface area contributed by atoms with Gasteiger partial charge in [-0.3, -0.25) is 4.57 Å². The van der Waals surface area contributed by atoms with E-state index in [9.17, 15) is 0 Å². The molecule has 2 aromatic heterocycles. The molecule has 3 saturated heterocycles. The van der Waals surface area contributed by atoms with Crippen LogP contribution in [0.25, 0.3) is 11.2 Å². The Hall–Kier alpha value is -1.77. The van der Waals surface area contributed by atoms with Crippen LogP contribution in [0.15, 0.2) is 12.7 Å². The smallest absolute Gasteiger partial charge is 0.167 e. The van der Waals surface area contributed by atoms with Crippen molar-refractivity contribution in [2.75, 3.05) is 45.5 Å². The number of piperidine rings is 1. The number of fused-ring (bicyclic) bond motifs is 1. The van der Waals surface area contributed by atoms with Gasteiger partial charge < -0.3 is 20.3 Å². The third kappa shape index (κ3) is 3.19. The predicted octanol–water partition coefficient (Wildman–Crippen LogP) is 1.50. The van der Waals surface area contributed by atoms with Crippen molar-refractivity contribution in [2.24, 2.45) is 5.41 Å². The highest BCUT2D eigenvalue weighted by molar-refractivity contribution is 5.81. The Kier molecular flexibility index (Phi) is 4.29. The molecule has 27 heavy (non-hydrogen) atoms. The number of ether oxygens (including phenoxy) is 1. The maximum Gasteiger partial charge on any atom is 0.167 e. The molecule has 8 heteroatoms. The van der Waals surface area contributed by atoms with Gasteiger partial charge in [0.25, 0.3) is 0 Å². The molecular formula is C19H29N7O. The van der Waals surface area contributed by atoms with Gasteiger partial charge in [0.05, 0.1) is 12.4 Å². The van der Waals surface area contributed by atoms with E-state index in [4.69, 9.17) is 10.5 Å². The van der Waals surface area contributed by atoms with Gasteiger partial charge in [0.15, 0.2) is 11.5 Å². The van der Waals surface area contributed by atoms with Gasteiger partial charge in [0.2, 0.25) is 0 Å². The van der Waals surface area contributed by atoms with Crippen molar-refractivity contribution in [1.82, 2.24) is 29.3 Å². The van der Waals surface area contributed by atoms with Gasteiger partial charge in [0, 0.05) is 13.1 Å². The summed E-state index contributed by atoms with van der Waals surface area (Å²) in [5.74, 6) is 0.425. The molecule has 1 spiro atoms. The number of aromatic nitrogens is 4. The minimum Gasteiger partial charge on any atom is -0.382 e. The number of likely N-dealkylation sites (tertiary alicyclic amines) is 2. The maximum absolute atomic E-state index is 6.38. The first-order valence-electron chi connectivity index (χ1n) is 10.1. The molecule has 146 valence electrons. The lowest BCUT2D eigenvalue weighted by molar-refractivity contribution is -0.0108. The zero-order chi connectivity index (χ0) is 18.4. The Morgan fingerprint density at radius 3 is 2.81 bits per heavy atom. The van der Waals surface area contributed by atoms with E-state index < -0.39 is 0 Å². The van der Waals surface area contributed by atoms with E-state index in [0.29, 0.717) is 16.7 Å². The van der Waals surface area contributed by atoms with E-state index in [1.54, 1.807) is 6.33 Å². The first-order valence-corrected chi connectivity index (χ1v) is 10.1. The summed E-state index contributed by atoms with van der Waals surface area (Å²) >= 11 is 0. The van der Waals surface area contributed by atoms with Crippen molar-refractivity contribution in [1.29, 1.82) is 0 Å². The molecule has 2 unspecified atom stereocenters. The number of rotatable bonds is 3. The first kappa shape index (κ1) is 17.3. The van der Waals surface area contributed by atoms with Crippen LogP contribution in [0.3, 0.4) is 0 Å². The summed E-state index contributed by atoms with van der Waals surface area (Å²) in [6.45, 7) is 5.98. The lowest BCUT2D eigenvalue weighted by atomic mass is 9.78. The van der Waals surface area contributed by atoms with Gasteiger partial charge in [-0.05, 0) is 64.2 Å². The van der Waals surface area contributed by atoms with Crippen LogP contribution in [0.4, 0.5) is 5.82 Å². The molecular weight excluding hydrogens is 342 g/mol. The van der Waals surface area contributed by atoms with Gasteiger partial charge in [0.1, 0.15) is 18.1 Å². The standard InChI is InChI=1S/C19H29N7O/c1-24-7-4-19(5-8-24)6-9-25(11-19)10-14-2-3-15(27-14)26-13-23-16-17(20)21-12-22-18(16)26/h12-15H,2-11H2,1H3,(H2,20,21,22). The largest absolute Gasteiger partial charge is 0.382 e. The van der Waals surface area contributed by atoms with Crippen LogP contribution in [0, 0.1) is 5.41 Å². The van der Waals surface area contributed by atoms with E-state index >= 15 is 0 Å². The molecule has 0 saturated carbocycles. The average molecular weight is 371 g/mol. The predicted molar refractivity (Wildman–Crippen MR) is 103 cm³/mol. The molecule has 3 fully saturated rings. The van der Waals surface area contributed by atoms with Crippen LogP contribution < -0.4 is 5.73 Å². The van der Waals surface area contributed by atoms with Crippen molar-refractivity contribution in [3.63, 3.8) is 0 Å². The van der Waals surface area contributed by atoms with Gasteiger partial charge >= 0.3 is 0 Å². The number of nitrogens with zero attached hydrogens (tertiary/aromatic N) is 6. The fourth-order valence-electron chi connectivity index (χ4n) is 5.08. The Labute approximate surface area is 159 Å². The van der Waals surface area contributed by atoms with E-state index in [0.717, 1.165) is 25.0 Å². The second kappa shape index (κ2) is 6.68. The van der Waals surface area contributed by atoms with Crippen molar-refractivity contribution in [3.8, 4) is 0 Å².